The van der Waals surface area contributed by atoms with Crippen molar-refractivity contribution in [1.29, 1.82) is 0 Å². The highest BCUT2D eigenvalue weighted by atomic mass is 35.5. The van der Waals surface area contributed by atoms with E-state index in [9.17, 15) is 0 Å². The number of benzene rings is 3. The molecule has 152 valence electrons. The van der Waals surface area contributed by atoms with E-state index in [1.54, 1.807) is 11.1 Å². The number of hydrogen-bond acceptors (Lipinski definition) is 0. The summed E-state index contributed by atoms with van der Waals surface area (Å²) in [6, 6.07) is 24.6. The fraction of sp³-hybridized carbons (Fsp3) is 0.379. The predicted octanol–water partition coefficient (Wildman–Crippen LogP) is 8.37. The van der Waals surface area contributed by atoms with Crippen LogP contribution >= 0.6 is 11.6 Å². The van der Waals surface area contributed by atoms with Crippen LogP contribution in [0, 0.1) is 23.7 Å². The summed E-state index contributed by atoms with van der Waals surface area (Å²) in [4.78, 5) is 0. The first-order valence-corrected chi connectivity index (χ1v) is 12.0. The summed E-state index contributed by atoms with van der Waals surface area (Å²) in [7, 11) is 0. The molecule has 0 nitrogen and oxygen atoms in total. The zero-order chi connectivity index (χ0) is 20.5. The molecule has 3 aromatic carbocycles. The maximum atomic E-state index is 6.70. The quantitative estimate of drug-likeness (QED) is 0.376. The molecular formula is C29H29Cl. The molecule has 0 aliphatic heterocycles. The van der Waals surface area contributed by atoms with E-state index in [1.807, 2.05) is 12.1 Å². The third kappa shape index (κ3) is 2.41. The van der Waals surface area contributed by atoms with Gasteiger partial charge in [-0.3, -0.25) is 0 Å². The van der Waals surface area contributed by atoms with Crippen molar-refractivity contribution >= 4 is 11.6 Å². The van der Waals surface area contributed by atoms with Crippen LogP contribution in [0.4, 0.5) is 0 Å². The molecular weight excluding hydrogens is 384 g/mol. The van der Waals surface area contributed by atoms with E-state index in [0.29, 0.717) is 5.92 Å². The summed E-state index contributed by atoms with van der Waals surface area (Å²) in [6.45, 7) is 5.01. The first-order chi connectivity index (χ1) is 14.6. The van der Waals surface area contributed by atoms with Gasteiger partial charge in [0.05, 0.1) is 0 Å². The molecule has 3 aliphatic rings. The predicted molar refractivity (Wildman–Crippen MR) is 127 cm³/mol. The van der Waals surface area contributed by atoms with Crippen molar-refractivity contribution in [3.05, 3.63) is 82.9 Å². The normalized spacial score (nSPS) is 31.4. The molecule has 0 aromatic heterocycles. The lowest BCUT2D eigenvalue weighted by Gasteiger charge is -2.54. The second-order valence-corrected chi connectivity index (χ2v) is 10.5. The van der Waals surface area contributed by atoms with Crippen molar-refractivity contribution in [1.82, 2.24) is 0 Å². The number of halogens is 1. The van der Waals surface area contributed by atoms with Crippen molar-refractivity contribution in [3.8, 4) is 22.3 Å². The number of fused-ring (bicyclic) bond motifs is 8. The molecule has 1 heteroatoms. The first kappa shape index (κ1) is 18.7. The Balaban J connectivity index is 1.67. The summed E-state index contributed by atoms with van der Waals surface area (Å²) in [5, 5.41) is 0.840. The monoisotopic (exact) mass is 412 g/mol. The van der Waals surface area contributed by atoms with E-state index < -0.39 is 0 Å². The minimum absolute atomic E-state index is 0.147. The molecule has 2 fully saturated rings. The van der Waals surface area contributed by atoms with Crippen molar-refractivity contribution in [3.63, 3.8) is 0 Å². The van der Waals surface area contributed by atoms with Gasteiger partial charge in [-0.15, -0.1) is 0 Å². The Bertz CT molecular complexity index is 1120. The Morgan fingerprint density at radius 1 is 0.700 bits per heavy atom. The smallest absolute Gasteiger partial charge is 0.0484 e. The van der Waals surface area contributed by atoms with Crippen molar-refractivity contribution in [2.75, 3.05) is 0 Å². The standard InChI is InChI=1S/C29H29Cl/c1-18-14-20-16-19(2)29(21(15-18)17-20)25-11-5-3-9-24(25)28-23(10-7-12-26(28)29)22-8-4-6-13-27(22)30/h3-13,18-21H,14-17H2,1-2H3. The molecule has 2 saturated carbocycles. The van der Waals surface area contributed by atoms with E-state index in [2.05, 4.69) is 68.4 Å². The van der Waals surface area contributed by atoms with Crippen LogP contribution < -0.4 is 0 Å². The van der Waals surface area contributed by atoms with Crippen LogP contribution in [0.3, 0.4) is 0 Å². The van der Waals surface area contributed by atoms with Gasteiger partial charge in [-0.1, -0.05) is 86.1 Å². The Kier molecular flexibility index (Phi) is 4.19. The maximum Gasteiger partial charge on any atom is 0.0484 e. The summed E-state index contributed by atoms with van der Waals surface area (Å²) >= 11 is 6.70. The largest absolute Gasteiger partial charge is 0.0837 e. The molecule has 0 heterocycles. The van der Waals surface area contributed by atoms with Crippen LogP contribution in [-0.2, 0) is 5.41 Å². The summed E-state index contributed by atoms with van der Waals surface area (Å²) in [6.07, 6.45) is 5.51. The number of rotatable bonds is 1. The Morgan fingerprint density at radius 2 is 1.40 bits per heavy atom. The highest BCUT2D eigenvalue weighted by Gasteiger charge is 2.56. The third-order valence-electron chi connectivity index (χ3n) is 8.46. The van der Waals surface area contributed by atoms with Gasteiger partial charge in [0.1, 0.15) is 0 Å². The molecule has 30 heavy (non-hydrogen) atoms. The highest BCUT2D eigenvalue weighted by molar-refractivity contribution is 6.33. The van der Waals surface area contributed by atoms with E-state index in [-0.39, 0.29) is 5.41 Å². The van der Waals surface area contributed by atoms with E-state index >= 15 is 0 Å². The van der Waals surface area contributed by atoms with Gasteiger partial charge >= 0.3 is 0 Å². The minimum atomic E-state index is 0.147. The lowest BCUT2D eigenvalue weighted by molar-refractivity contribution is 0.0426. The fourth-order valence-corrected chi connectivity index (χ4v) is 7.90. The summed E-state index contributed by atoms with van der Waals surface area (Å²) < 4.78 is 0. The van der Waals surface area contributed by atoms with Gasteiger partial charge in [0.15, 0.2) is 0 Å². The Morgan fingerprint density at radius 3 is 2.23 bits per heavy atom. The average molecular weight is 413 g/mol. The van der Waals surface area contributed by atoms with Crippen LogP contribution in [0.25, 0.3) is 22.3 Å². The maximum absolute atomic E-state index is 6.70. The van der Waals surface area contributed by atoms with Crippen LogP contribution in [0.1, 0.15) is 50.7 Å². The van der Waals surface area contributed by atoms with Crippen LogP contribution in [0.15, 0.2) is 66.7 Å². The molecule has 1 spiro atoms. The van der Waals surface area contributed by atoms with E-state index in [0.717, 1.165) is 28.3 Å². The van der Waals surface area contributed by atoms with E-state index in [1.165, 1.54) is 42.4 Å². The second-order valence-electron chi connectivity index (χ2n) is 10.1. The van der Waals surface area contributed by atoms with Gasteiger partial charge in [0, 0.05) is 16.0 Å². The van der Waals surface area contributed by atoms with Gasteiger partial charge in [-0.2, -0.15) is 0 Å². The van der Waals surface area contributed by atoms with Gasteiger partial charge in [0.2, 0.25) is 0 Å². The topological polar surface area (TPSA) is 0 Å². The molecule has 5 atom stereocenters. The van der Waals surface area contributed by atoms with Gasteiger partial charge < -0.3 is 0 Å². The average Bonchev–Trinajstić information content (AvgIpc) is 3.04. The minimum Gasteiger partial charge on any atom is -0.0837 e. The fourth-order valence-electron chi connectivity index (χ4n) is 7.67. The second kappa shape index (κ2) is 6.72. The first-order valence-electron chi connectivity index (χ1n) is 11.6. The molecule has 3 aliphatic carbocycles. The molecule has 6 rings (SSSR count). The molecule has 5 unspecified atom stereocenters. The van der Waals surface area contributed by atoms with Gasteiger partial charge in [-0.05, 0) is 83.2 Å². The van der Waals surface area contributed by atoms with Gasteiger partial charge in [-0.25, -0.2) is 0 Å². The highest BCUT2D eigenvalue weighted by Crippen LogP contribution is 2.65. The zero-order valence-corrected chi connectivity index (χ0v) is 18.6. The van der Waals surface area contributed by atoms with Crippen molar-refractivity contribution < 1.29 is 0 Å². The van der Waals surface area contributed by atoms with Crippen LogP contribution in [0.2, 0.25) is 5.02 Å². The number of hydrogen-bond donors (Lipinski definition) is 0. The molecule has 0 N–H and O–H groups in total. The lowest BCUT2D eigenvalue weighted by Crippen LogP contribution is -2.49. The Labute approximate surface area is 185 Å². The molecule has 3 aromatic rings. The van der Waals surface area contributed by atoms with Crippen molar-refractivity contribution in [2.45, 2.75) is 44.9 Å². The van der Waals surface area contributed by atoms with Crippen LogP contribution in [0.5, 0.6) is 0 Å². The van der Waals surface area contributed by atoms with Crippen LogP contribution in [-0.4, -0.2) is 0 Å². The lowest BCUT2D eigenvalue weighted by atomic mass is 9.49. The molecule has 0 saturated heterocycles. The van der Waals surface area contributed by atoms with Gasteiger partial charge in [0.25, 0.3) is 0 Å². The Hall–Kier alpha value is -2.05. The molecule has 0 radical (unpaired) electrons. The van der Waals surface area contributed by atoms with Crippen molar-refractivity contribution in [2.24, 2.45) is 23.7 Å². The third-order valence-corrected chi connectivity index (χ3v) is 8.79. The van der Waals surface area contributed by atoms with E-state index in [4.69, 9.17) is 11.6 Å². The SMILES string of the molecule is CC1CC2CC(C)C3(c4ccccc4-c4c(-c5ccccc5Cl)cccc43)C(C1)C2. The zero-order valence-electron chi connectivity index (χ0n) is 17.9. The molecule has 0 amide bonds. The summed E-state index contributed by atoms with van der Waals surface area (Å²) in [5.74, 6) is 3.14. The molecule has 2 bridgehead atoms. The summed E-state index contributed by atoms with van der Waals surface area (Å²) in [5.41, 5.74) is 8.60.